The van der Waals surface area contributed by atoms with Gasteiger partial charge in [0.25, 0.3) is 0 Å². The number of phenolic OH excluding ortho intramolecular Hbond substituents is 1. The summed E-state index contributed by atoms with van der Waals surface area (Å²) in [6.45, 7) is 2.65. The number of aromatic hydroxyl groups is 1. The third kappa shape index (κ3) is 4.47. The van der Waals surface area contributed by atoms with Gasteiger partial charge in [0.2, 0.25) is 5.91 Å². The van der Waals surface area contributed by atoms with Crippen LogP contribution in [-0.2, 0) is 21.1 Å². The van der Waals surface area contributed by atoms with Crippen LogP contribution in [-0.4, -0.2) is 48.4 Å². The van der Waals surface area contributed by atoms with Gasteiger partial charge in [0, 0.05) is 12.6 Å². The lowest BCUT2D eigenvalue weighted by molar-refractivity contribution is -0.132. The molecule has 122 valence electrons. The van der Waals surface area contributed by atoms with Gasteiger partial charge in [-0.1, -0.05) is 25.5 Å². The fourth-order valence-corrected chi connectivity index (χ4v) is 4.48. The lowest BCUT2D eigenvalue weighted by Crippen LogP contribution is -2.42. The van der Waals surface area contributed by atoms with Crippen LogP contribution in [0.2, 0.25) is 0 Å². The maximum atomic E-state index is 12.6. The van der Waals surface area contributed by atoms with Crippen LogP contribution in [0.15, 0.2) is 24.3 Å². The molecule has 0 aliphatic carbocycles. The number of phenols is 1. The van der Waals surface area contributed by atoms with E-state index in [2.05, 4.69) is 0 Å². The Bertz CT molecular complexity index is 610. The van der Waals surface area contributed by atoms with Crippen LogP contribution < -0.4 is 0 Å². The highest BCUT2D eigenvalue weighted by Gasteiger charge is 2.34. The number of carbonyl (C=O) groups excluding carboxylic acids is 1. The molecule has 5 nitrogen and oxygen atoms in total. The number of amides is 1. The quantitative estimate of drug-likeness (QED) is 0.864. The van der Waals surface area contributed by atoms with E-state index in [0.717, 1.165) is 18.4 Å². The van der Waals surface area contributed by atoms with Crippen LogP contribution in [0.4, 0.5) is 0 Å². The predicted octanol–water partition coefficient (Wildman–Crippen LogP) is 1.75. The summed E-state index contributed by atoms with van der Waals surface area (Å²) in [6.07, 6.45) is 2.61. The number of rotatable bonds is 6. The molecule has 1 aliphatic rings. The molecular formula is C16H23NO4S. The number of unbranched alkanes of at least 4 members (excludes halogenated alkanes) is 1. The third-order valence-electron chi connectivity index (χ3n) is 4.01. The number of benzene rings is 1. The van der Waals surface area contributed by atoms with Crippen LogP contribution in [0.5, 0.6) is 5.75 Å². The third-order valence-corrected chi connectivity index (χ3v) is 5.76. The number of carbonyl (C=O) groups is 1. The smallest absolute Gasteiger partial charge is 0.227 e. The molecule has 6 heteroatoms. The Morgan fingerprint density at radius 2 is 2.00 bits per heavy atom. The first-order valence-corrected chi connectivity index (χ1v) is 9.51. The standard InChI is InChI=1S/C16H23NO4S/c1-2-3-9-17(14-8-10-22(20,21)12-14)16(19)11-13-4-6-15(18)7-5-13/h4-7,14,18H,2-3,8-12H2,1H3. The van der Waals surface area contributed by atoms with Gasteiger partial charge in [-0.3, -0.25) is 4.79 Å². The Balaban J connectivity index is 2.07. The molecule has 2 rings (SSSR count). The Hall–Kier alpha value is -1.56. The van der Waals surface area contributed by atoms with E-state index in [1.54, 1.807) is 29.2 Å². The lowest BCUT2D eigenvalue weighted by atomic mass is 10.1. The van der Waals surface area contributed by atoms with E-state index in [1.165, 1.54) is 0 Å². The predicted molar refractivity (Wildman–Crippen MR) is 85.5 cm³/mol. The topological polar surface area (TPSA) is 74.7 Å². The van der Waals surface area contributed by atoms with Crippen molar-refractivity contribution in [1.29, 1.82) is 0 Å². The molecular weight excluding hydrogens is 302 g/mol. The zero-order valence-corrected chi connectivity index (χ0v) is 13.7. The highest BCUT2D eigenvalue weighted by atomic mass is 32.2. The summed E-state index contributed by atoms with van der Waals surface area (Å²) in [6, 6.07) is 6.35. The van der Waals surface area contributed by atoms with Crippen LogP contribution >= 0.6 is 0 Å². The van der Waals surface area contributed by atoms with Gasteiger partial charge in [-0.15, -0.1) is 0 Å². The molecule has 1 aliphatic heterocycles. The first-order chi connectivity index (χ1) is 10.4. The molecule has 1 unspecified atom stereocenters. The molecule has 1 atom stereocenters. The zero-order chi connectivity index (χ0) is 16.2. The van der Waals surface area contributed by atoms with Gasteiger partial charge in [0.15, 0.2) is 9.84 Å². The summed E-state index contributed by atoms with van der Waals surface area (Å²) in [7, 11) is -3.00. The second-order valence-electron chi connectivity index (χ2n) is 5.84. The van der Waals surface area contributed by atoms with E-state index >= 15 is 0 Å². The molecule has 0 radical (unpaired) electrons. The average molecular weight is 325 g/mol. The van der Waals surface area contributed by atoms with E-state index in [9.17, 15) is 18.3 Å². The normalized spacial score (nSPS) is 20.0. The van der Waals surface area contributed by atoms with Crippen LogP contribution in [0.3, 0.4) is 0 Å². The highest BCUT2D eigenvalue weighted by molar-refractivity contribution is 7.91. The van der Waals surface area contributed by atoms with Crippen molar-refractivity contribution in [3.63, 3.8) is 0 Å². The minimum absolute atomic E-state index is 0.0405. The van der Waals surface area contributed by atoms with Crippen molar-refractivity contribution in [3.05, 3.63) is 29.8 Å². The zero-order valence-electron chi connectivity index (χ0n) is 12.9. The molecule has 1 fully saturated rings. The van der Waals surface area contributed by atoms with Crippen LogP contribution in [0.25, 0.3) is 0 Å². The summed E-state index contributed by atoms with van der Waals surface area (Å²) < 4.78 is 23.3. The van der Waals surface area contributed by atoms with Gasteiger partial charge in [-0.25, -0.2) is 8.42 Å². The Kier molecular flexibility index (Phi) is 5.45. The number of hydrogen-bond donors (Lipinski definition) is 1. The van der Waals surface area contributed by atoms with E-state index in [-0.39, 0.29) is 35.6 Å². The van der Waals surface area contributed by atoms with Crippen LogP contribution in [0.1, 0.15) is 31.7 Å². The molecule has 0 bridgehead atoms. The van der Waals surface area contributed by atoms with Gasteiger partial charge >= 0.3 is 0 Å². The SMILES string of the molecule is CCCCN(C(=O)Cc1ccc(O)cc1)C1CCS(=O)(=O)C1. The molecule has 1 N–H and O–H groups in total. The Morgan fingerprint density at radius 3 is 2.55 bits per heavy atom. The van der Waals surface area contributed by atoms with E-state index in [0.29, 0.717) is 13.0 Å². The molecule has 0 saturated carbocycles. The largest absolute Gasteiger partial charge is 0.508 e. The van der Waals surface area contributed by atoms with Crippen molar-refractivity contribution in [2.75, 3.05) is 18.1 Å². The molecule has 1 aromatic rings. The monoisotopic (exact) mass is 325 g/mol. The average Bonchev–Trinajstić information content (AvgIpc) is 2.82. The molecule has 1 saturated heterocycles. The molecule has 0 spiro atoms. The van der Waals surface area contributed by atoms with Gasteiger partial charge in [0.05, 0.1) is 17.9 Å². The first kappa shape index (κ1) is 16.8. The highest BCUT2D eigenvalue weighted by Crippen LogP contribution is 2.20. The van der Waals surface area contributed by atoms with Gasteiger partial charge in [0.1, 0.15) is 5.75 Å². The summed E-state index contributed by atoms with van der Waals surface area (Å²) in [5.41, 5.74) is 0.824. The summed E-state index contributed by atoms with van der Waals surface area (Å²) in [4.78, 5) is 14.3. The second-order valence-corrected chi connectivity index (χ2v) is 8.07. The van der Waals surface area contributed by atoms with Crippen molar-refractivity contribution < 1.29 is 18.3 Å². The van der Waals surface area contributed by atoms with Crippen molar-refractivity contribution >= 4 is 15.7 Å². The fourth-order valence-electron chi connectivity index (χ4n) is 2.75. The van der Waals surface area contributed by atoms with Gasteiger partial charge in [-0.2, -0.15) is 0 Å². The van der Waals surface area contributed by atoms with Gasteiger partial charge < -0.3 is 10.0 Å². The van der Waals surface area contributed by atoms with E-state index < -0.39 is 9.84 Å². The maximum Gasteiger partial charge on any atom is 0.227 e. The summed E-state index contributed by atoms with van der Waals surface area (Å²) >= 11 is 0. The summed E-state index contributed by atoms with van der Waals surface area (Å²) in [5, 5.41) is 9.28. The van der Waals surface area contributed by atoms with Crippen molar-refractivity contribution in [1.82, 2.24) is 4.90 Å². The fraction of sp³-hybridized carbons (Fsp3) is 0.562. The minimum atomic E-state index is -3.00. The first-order valence-electron chi connectivity index (χ1n) is 7.69. The Labute approximate surface area is 131 Å². The molecule has 0 aromatic heterocycles. The molecule has 1 heterocycles. The maximum absolute atomic E-state index is 12.6. The van der Waals surface area contributed by atoms with Gasteiger partial charge in [-0.05, 0) is 30.5 Å². The molecule has 1 aromatic carbocycles. The number of sulfone groups is 1. The second kappa shape index (κ2) is 7.13. The van der Waals surface area contributed by atoms with Crippen molar-refractivity contribution in [3.8, 4) is 5.75 Å². The molecule has 1 amide bonds. The van der Waals surface area contributed by atoms with Crippen LogP contribution in [0, 0.1) is 0 Å². The van der Waals surface area contributed by atoms with E-state index in [1.807, 2.05) is 6.92 Å². The summed E-state index contributed by atoms with van der Waals surface area (Å²) in [5.74, 6) is 0.382. The number of nitrogens with zero attached hydrogens (tertiary/aromatic N) is 1. The molecule has 22 heavy (non-hydrogen) atoms. The minimum Gasteiger partial charge on any atom is -0.508 e. The van der Waals surface area contributed by atoms with E-state index in [4.69, 9.17) is 0 Å². The Morgan fingerprint density at radius 1 is 1.32 bits per heavy atom. The van der Waals surface area contributed by atoms with Crippen molar-refractivity contribution in [2.45, 2.75) is 38.6 Å². The lowest BCUT2D eigenvalue weighted by Gasteiger charge is -2.28. The van der Waals surface area contributed by atoms with Crippen molar-refractivity contribution in [2.24, 2.45) is 0 Å². The number of hydrogen-bond acceptors (Lipinski definition) is 4.